The quantitative estimate of drug-likeness (QED) is 0.212. The van der Waals surface area contributed by atoms with Crippen molar-refractivity contribution in [2.75, 3.05) is 0 Å². The Morgan fingerprint density at radius 3 is 0.760 bits per heavy atom. The zero-order chi connectivity index (χ0) is 18.9. The molecule has 0 aliphatic heterocycles. The van der Waals surface area contributed by atoms with Gasteiger partial charge in [0.15, 0.2) is 0 Å². The first kappa shape index (κ1) is 25.2. The fraction of sp³-hybridized carbons (Fsp3) is 1.00. The van der Waals surface area contributed by atoms with E-state index in [0.29, 0.717) is 0 Å². The highest BCUT2D eigenvalue weighted by atomic mass is 28.3. The number of hydrogen-bond acceptors (Lipinski definition) is 0. The van der Waals surface area contributed by atoms with Crippen LogP contribution < -0.4 is 0 Å². The lowest BCUT2D eigenvalue weighted by Gasteiger charge is -2.29. The summed E-state index contributed by atoms with van der Waals surface area (Å²) in [6, 6.07) is 4.99. The second kappa shape index (κ2) is 17.6. The van der Waals surface area contributed by atoms with Gasteiger partial charge in [-0.05, 0) is 17.8 Å². The van der Waals surface area contributed by atoms with Gasteiger partial charge in [-0.15, -0.1) is 0 Å². The predicted octanol–water partition coefficient (Wildman–Crippen LogP) is 8.86. The summed E-state index contributed by atoms with van der Waals surface area (Å²) in [5.74, 6) is 3.17. The van der Waals surface area contributed by atoms with E-state index in [1.165, 1.54) is 77.0 Å². The Kier molecular flexibility index (Phi) is 17.8. The van der Waals surface area contributed by atoms with E-state index in [9.17, 15) is 0 Å². The molecule has 0 radical (unpaired) electrons. The number of hydrogen-bond donors (Lipinski definition) is 0. The highest BCUT2D eigenvalue weighted by Crippen LogP contribution is 2.32. The topological polar surface area (TPSA) is 0 Å². The Bertz CT molecular complexity index is 202. The van der Waals surface area contributed by atoms with Gasteiger partial charge in [0.05, 0.1) is 0 Å². The minimum absolute atomic E-state index is 0.597. The van der Waals surface area contributed by atoms with E-state index in [0.717, 1.165) is 17.8 Å². The molecule has 0 saturated heterocycles. The van der Waals surface area contributed by atoms with Gasteiger partial charge in [0.25, 0.3) is 0 Å². The highest BCUT2D eigenvalue weighted by Gasteiger charge is 2.23. The molecule has 0 aromatic heterocycles. The largest absolute Gasteiger partial charge is 0.0654 e. The van der Waals surface area contributed by atoms with Gasteiger partial charge in [0.1, 0.15) is 0 Å². The highest BCUT2D eigenvalue weighted by molar-refractivity contribution is 6.59. The lowest BCUT2D eigenvalue weighted by atomic mass is 10.00. The summed E-state index contributed by atoms with van der Waals surface area (Å²) in [6.07, 6.45) is 17.3. The molecule has 0 aliphatic rings. The van der Waals surface area contributed by atoms with Gasteiger partial charge in [-0.2, -0.15) is 0 Å². The van der Waals surface area contributed by atoms with E-state index in [1.54, 1.807) is 18.1 Å². The molecule has 0 aromatic rings. The lowest BCUT2D eigenvalue weighted by molar-refractivity contribution is 0.442. The normalized spacial score (nSPS) is 12.2. The first-order valence-corrected chi connectivity index (χ1v) is 14.6. The Labute approximate surface area is 163 Å². The SMILES string of the molecule is CCCC(CCC)C[SiH](CC(CCC)CCC)CC(CCC)CCC. The van der Waals surface area contributed by atoms with Crippen molar-refractivity contribution in [2.45, 2.75) is 137 Å². The summed E-state index contributed by atoms with van der Waals surface area (Å²) in [4.78, 5) is 0. The molecule has 0 N–H and O–H groups in total. The van der Waals surface area contributed by atoms with E-state index in [-0.39, 0.29) is 0 Å². The molecule has 0 amide bonds. The third kappa shape index (κ3) is 13.1. The van der Waals surface area contributed by atoms with Crippen LogP contribution in [0.25, 0.3) is 0 Å². The van der Waals surface area contributed by atoms with Crippen molar-refractivity contribution in [3.63, 3.8) is 0 Å². The van der Waals surface area contributed by atoms with Crippen LogP contribution >= 0.6 is 0 Å². The maximum atomic E-state index is 2.40. The van der Waals surface area contributed by atoms with E-state index in [4.69, 9.17) is 0 Å². The fourth-order valence-corrected chi connectivity index (χ4v) is 10.1. The second-order valence-corrected chi connectivity index (χ2v) is 12.0. The summed E-state index contributed by atoms with van der Waals surface area (Å²) in [5.41, 5.74) is 0. The summed E-state index contributed by atoms with van der Waals surface area (Å²) < 4.78 is 0. The van der Waals surface area contributed by atoms with Crippen LogP contribution in [0.2, 0.25) is 18.1 Å². The average Bonchev–Trinajstić information content (AvgIpc) is 2.56. The third-order valence-electron chi connectivity index (χ3n) is 6.18. The molecule has 0 fully saturated rings. The Morgan fingerprint density at radius 2 is 0.600 bits per heavy atom. The fourth-order valence-electron chi connectivity index (χ4n) is 5.29. The van der Waals surface area contributed by atoms with Crippen molar-refractivity contribution < 1.29 is 0 Å². The molecular weight excluding hydrogens is 316 g/mol. The lowest BCUT2D eigenvalue weighted by Crippen LogP contribution is -2.24. The van der Waals surface area contributed by atoms with Crippen LogP contribution in [0.5, 0.6) is 0 Å². The summed E-state index contributed by atoms with van der Waals surface area (Å²) in [7, 11) is -0.597. The van der Waals surface area contributed by atoms with E-state index in [2.05, 4.69) is 41.5 Å². The van der Waals surface area contributed by atoms with Crippen molar-refractivity contribution in [3.05, 3.63) is 0 Å². The maximum absolute atomic E-state index is 2.40. The summed E-state index contributed by atoms with van der Waals surface area (Å²) >= 11 is 0. The molecule has 25 heavy (non-hydrogen) atoms. The van der Waals surface area contributed by atoms with Gasteiger partial charge >= 0.3 is 0 Å². The first-order chi connectivity index (χ1) is 12.1. The van der Waals surface area contributed by atoms with Crippen molar-refractivity contribution in [1.82, 2.24) is 0 Å². The second-order valence-electron chi connectivity index (χ2n) is 8.90. The number of rotatable bonds is 18. The van der Waals surface area contributed by atoms with Crippen LogP contribution in [0.4, 0.5) is 0 Å². The van der Waals surface area contributed by atoms with Crippen LogP contribution in [0.15, 0.2) is 0 Å². The summed E-state index contributed by atoms with van der Waals surface area (Å²) in [5, 5.41) is 0. The molecule has 152 valence electrons. The zero-order valence-electron chi connectivity index (χ0n) is 18.9. The van der Waals surface area contributed by atoms with Crippen LogP contribution in [0, 0.1) is 17.8 Å². The van der Waals surface area contributed by atoms with E-state index in [1.807, 2.05) is 0 Å². The summed E-state index contributed by atoms with van der Waals surface area (Å²) in [6.45, 7) is 14.4. The Morgan fingerprint density at radius 1 is 0.400 bits per heavy atom. The minimum Gasteiger partial charge on any atom is -0.0654 e. The first-order valence-electron chi connectivity index (χ1n) is 12.1. The molecule has 0 aromatic carbocycles. The molecule has 0 rings (SSSR count). The van der Waals surface area contributed by atoms with Gasteiger partial charge in [-0.3, -0.25) is 0 Å². The molecule has 0 heterocycles. The van der Waals surface area contributed by atoms with Crippen molar-refractivity contribution in [2.24, 2.45) is 17.8 Å². The zero-order valence-corrected chi connectivity index (χ0v) is 20.1. The predicted molar refractivity (Wildman–Crippen MR) is 121 cm³/mol. The Balaban J connectivity index is 4.96. The third-order valence-corrected chi connectivity index (χ3v) is 10.2. The minimum atomic E-state index is -0.597. The van der Waals surface area contributed by atoms with E-state index >= 15 is 0 Å². The average molecular weight is 369 g/mol. The van der Waals surface area contributed by atoms with Crippen LogP contribution in [-0.4, -0.2) is 8.80 Å². The standard InChI is InChI=1S/C24H52Si/c1-7-13-22(14-8-2)19-25(20-23(15-9-3)16-10-4)21-24(17-11-5)18-12-6/h22-25H,7-21H2,1-6H3. The molecule has 0 bridgehead atoms. The van der Waals surface area contributed by atoms with Crippen LogP contribution in [0.1, 0.15) is 119 Å². The van der Waals surface area contributed by atoms with E-state index < -0.39 is 8.80 Å². The van der Waals surface area contributed by atoms with Crippen molar-refractivity contribution in [1.29, 1.82) is 0 Å². The van der Waals surface area contributed by atoms with Crippen molar-refractivity contribution >= 4 is 8.80 Å². The van der Waals surface area contributed by atoms with Gasteiger partial charge < -0.3 is 0 Å². The van der Waals surface area contributed by atoms with Gasteiger partial charge in [-0.1, -0.05) is 137 Å². The smallest absolute Gasteiger partial charge is 0.0376 e. The molecule has 0 unspecified atom stereocenters. The monoisotopic (exact) mass is 368 g/mol. The maximum Gasteiger partial charge on any atom is 0.0376 e. The molecular formula is C24H52Si. The van der Waals surface area contributed by atoms with Gasteiger partial charge in [0, 0.05) is 8.80 Å². The van der Waals surface area contributed by atoms with Crippen molar-refractivity contribution in [3.8, 4) is 0 Å². The molecule has 0 saturated carbocycles. The van der Waals surface area contributed by atoms with Gasteiger partial charge in [0.2, 0.25) is 0 Å². The molecule has 0 nitrogen and oxygen atoms in total. The molecule has 0 atom stereocenters. The molecule has 0 aliphatic carbocycles. The Hall–Kier alpha value is 0.217. The molecule has 1 heteroatoms. The van der Waals surface area contributed by atoms with Crippen LogP contribution in [0.3, 0.4) is 0 Å². The van der Waals surface area contributed by atoms with Gasteiger partial charge in [-0.25, -0.2) is 0 Å². The van der Waals surface area contributed by atoms with Crippen LogP contribution in [-0.2, 0) is 0 Å². The molecule has 0 spiro atoms.